The van der Waals surface area contributed by atoms with Crippen molar-refractivity contribution < 1.29 is 0 Å². The number of nitrogens with one attached hydrogen (secondary N) is 1. The Bertz CT molecular complexity index is 1320. The number of nitrogens with zero attached hydrogens (tertiary/aromatic N) is 4. The van der Waals surface area contributed by atoms with Crippen LogP contribution >= 0.6 is 11.6 Å². The van der Waals surface area contributed by atoms with Crippen molar-refractivity contribution in [2.45, 2.75) is 59.0 Å². The Balaban J connectivity index is 1.57. The zero-order chi connectivity index (χ0) is 25.1. The summed E-state index contributed by atoms with van der Waals surface area (Å²) in [5, 5.41) is 7.04. The molecule has 1 saturated heterocycles. The molecule has 1 fully saturated rings. The fraction of sp³-hybridized carbons (Fsp3) is 0.500. The Labute approximate surface area is 220 Å². The smallest absolute Gasteiger partial charge is 0.0988 e. The van der Waals surface area contributed by atoms with Crippen LogP contribution in [0.25, 0.3) is 32.8 Å². The molecule has 1 unspecified atom stereocenters. The van der Waals surface area contributed by atoms with Gasteiger partial charge >= 0.3 is 0 Å². The second kappa shape index (κ2) is 11.4. The SMILES string of the molecule is CCN(CC)CCCC(C)Nc1c2ccc(Cl)cc2nc2c3ccccc3n(CCN3CCCC3)c12. The Morgan fingerprint density at radius 1 is 1.03 bits per heavy atom. The number of hydrogen-bond acceptors (Lipinski definition) is 4. The monoisotopic (exact) mass is 505 g/mol. The fourth-order valence-electron chi connectivity index (χ4n) is 5.81. The van der Waals surface area contributed by atoms with Crippen LogP contribution in [-0.2, 0) is 6.54 Å². The first-order chi connectivity index (χ1) is 17.6. The molecule has 0 bridgehead atoms. The lowest BCUT2D eigenvalue weighted by Crippen LogP contribution is -2.26. The Hall–Kier alpha value is -2.34. The third-order valence-corrected chi connectivity index (χ3v) is 8.11. The maximum Gasteiger partial charge on any atom is 0.0988 e. The molecule has 192 valence electrons. The predicted molar refractivity (Wildman–Crippen MR) is 156 cm³/mol. The number of rotatable bonds is 11. The van der Waals surface area contributed by atoms with E-state index in [9.17, 15) is 0 Å². The van der Waals surface area contributed by atoms with Crippen molar-refractivity contribution in [1.82, 2.24) is 19.4 Å². The number of aromatic nitrogens is 2. The van der Waals surface area contributed by atoms with Gasteiger partial charge in [0.05, 0.1) is 27.8 Å². The lowest BCUT2D eigenvalue weighted by atomic mass is 10.1. The van der Waals surface area contributed by atoms with E-state index in [2.05, 4.69) is 70.8 Å². The van der Waals surface area contributed by atoms with E-state index in [-0.39, 0.29) is 0 Å². The molecular formula is C30H40ClN5. The number of pyridine rings is 1. The topological polar surface area (TPSA) is 36.3 Å². The number of fused-ring (bicyclic) bond motifs is 4. The minimum atomic E-state index is 0.357. The average molecular weight is 506 g/mol. The van der Waals surface area contributed by atoms with Crippen molar-refractivity contribution in [2.24, 2.45) is 0 Å². The molecule has 5 rings (SSSR count). The van der Waals surface area contributed by atoms with Gasteiger partial charge in [-0.05, 0) is 89.6 Å². The summed E-state index contributed by atoms with van der Waals surface area (Å²) in [7, 11) is 0. The highest BCUT2D eigenvalue weighted by Gasteiger charge is 2.21. The molecule has 2 aromatic carbocycles. The number of likely N-dealkylation sites (tertiary alicyclic amines) is 1. The first-order valence-corrected chi connectivity index (χ1v) is 14.2. The van der Waals surface area contributed by atoms with Gasteiger partial charge in [-0.3, -0.25) is 0 Å². The average Bonchev–Trinajstić information content (AvgIpc) is 3.51. The molecule has 0 aliphatic carbocycles. The van der Waals surface area contributed by atoms with Gasteiger partial charge in [-0.1, -0.05) is 43.6 Å². The highest BCUT2D eigenvalue weighted by molar-refractivity contribution is 6.31. The van der Waals surface area contributed by atoms with Crippen LogP contribution in [0.5, 0.6) is 0 Å². The summed E-state index contributed by atoms with van der Waals surface area (Å²) < 4.78 is 2.51. The molecule has 0 spiro atoms. The Morgan fingerprint density at radius 2 is 1.81 bits per heavy atom. The lowest BCUT2D eigenvalue weighted by molar-refractivity contribution is 0.295. The van der Waals surface area contributed by atoms with Crippen molar-refractivity contribution in [3.63, 3.8) is 0 Å². The highest BCUT2D eigenvalue weighted by atomic mass is 35.5. The van der Waals surface area contributed by atoms with Crippen LogP contribution in [0.2, 0.25) is 5.02 Å². The normalized spacial score (nSPS) is 15.6. The van der Waals surface area contributed by atoms with E-state index in [1.807, 2.05) is 12.1 Å². The van der Waals surface area contributed by atoms with Crippen molar-refractivity contribution in [1.29, 1.82) is 0 Å². The third-order valence-electron chi connectivity index (χ3n) is 7.88. The molecule has 3 heterocycles. The number of halogens is 1. The van der Waals surface area contributed by atoms with Gasteiger partial charge in [0.1, 0.15) is 0 Å². The van der Waals surface area contributed by atoms with Crippen LogP contribution in [0.1, 0.15) is 46.5 Å². The predicted octanol–water partition coefficient (Wildman–Crippen LogP) is 7.01. The number of para-hydroxylation sites is 1. The van der Waals surface area contributed by atoms with Gasteiger partial charge in [0.2, 0.25) is 0 Å². The third kappa shape index (κ3) is 5.20. The van der Waals surface area contributed by atoms with Crippen LogP contribution in [0.15, 0.2) is 42.5 Å². The maximum absolute atomic E-state index is 6.42. The quantitative estimate of drug-likeness (QED) is 0.238. The lowest BCUT2D eigenvalue weighted by Gasteiger charge is -2.22. The second-order valence-electron chi connectivity index (χ2n) is 10.3. The van der Waals surface area contributed by atoms with Gasteiger partial charge < -0.3 is 19.7 Å². The van der Waals surface area contributed by atoms with E-state index in [0.717, 1.165) is 60.6 Å². The first kappa shape index (κ1) is 25.3. The molecule has 5 nitrogen and oxygen atoms in total. The van der Waals surface area contributed by atoms with Crippen molar-refractivity contribution in [3.8, 4) is 0 Å². The molecule has 1 aliphatic heterocycles. The highest BCUT2D eigenvalue weighted by Crippen LogP contribution is 2.38. The van der Waals surface area contributed by atoms with Crippen molar-refractivity contribution in [3.05, 3.63) is 47.5 Å². The van der Waals surface area contributed by atoms with Gasteiger partial charge in [0.25, 0.3) is 0 Å². The van der Waals surface area contributed by atoms with E-state index in [1.165, 1.54) is 54.5 Å². The molecule has 0 radical (unpaired) electrons. The van der Waals surface area contributed by atoms with Gasteiger partial charge in [0, 0.05) is 34.9 Å². The summed E-state index contributed by atoms with van der Waals surface area (Å²) in [5.74, 6) is 0. The van der Waals surface area contributed by atoms with Crippen LogP contribution in [0.3, 0.4) is 0 Å². The summed E-state index contributed by atoms with van der Waals surface area (Å²) in [4.78, 5) is 10.3. The maximum atomic E-state index is 6.42. The fourth-order valence-corrected chi connectivity index (χ4v) is 5.98. The first-order valence-electron chi connectivity index (χ1n) is 13.8. The summed E-state index contributed by atoms with van der Waals surface area (Å²) >= 11 is 6.42. The Kier molecular flexibility index (Phi) is 8.00. The van der Waals surface area contributed by atoms with Gasteiger partial charge in [-0.15, -0.1) is 0 Å². The van der Waals surface area contributed by atoms with E-state index >= 15 is 0 Å². The molecule has 0 saturated carbocycles. The van der Waals surface area contributed by atoms with Crippen LogP contribution in [0, 0.1) is 0 Å². The summed E-state index contributed by atoms with van der Waals surface area (Å²) in [6, 6.07) is 15.2. The van der Waals surface area contributed by atoms with Gasteiger partial charge in [0.15, 0.2) is 0 Å². The molecular weight excluding hydrogens is 466 g/mol. The zero-order valence-corrected chi connectivity index (χ0v) is 22.8. The minimum Gasteiger partial charge on any atom is -0.380 e. The Morgan fingerprint density at radius 3 is 2.58 bits per heavy atom. The number of hydrogen-bond donors (Lipinski definition) is 1. The van der Waals surface area contributed by atoms with Crippen molar-refractivity contribution in [2.75, 3.05) is 44.6 Å². The summed E-state index contributed by atoms with van der Waals surface area (Å²) in [6.07, 6.45) is 4.95. The second-order valence-corrected chi connectivity index (χ2v) is 10.7. The van der Waals surface area contributed by atoms with Gasteiger partial charge in [-0.2, -0.15) is 0 Å². The zero-order valence-electron chi connectivity index (χ0n) is 22.1. The standard InChI is InChI=1S/C30H40ClN5/c1-4-34(5-2)18-10-11-22(3)32-28-24-15-14-23(31)21-26(24)33-29-25-12-6-7-13-27(25)36(30(28)29)20-19-35-16-8-9-17-35/h6-7,12-15,21-22H,4-5,8-11,16-20H2,1-3H3,(H,32,33). The van der Waals surface area contributed by atoms with E-state index in [4.69, 9.17) is 16.6 Å². The molecule has 1 N–H and O–H groups in total. The molecule has 36 heavy (non-hydrogen) atoms. The van der Waals surface area contributed by atoms with E-state index in [0.29, 0.717) is 6.04 Å². The molecule has 1 atom stereocenters. The summed E-state index contributed by atoms with van der Waals surface area (Å²) in [6.45, 7) is 14.7. The molecule has 2 aromatic heterocycles. The number of anilines is 1. The molecule has 6 heteroatoms. The molecule has 0 amide bonds. The van der Waals surface area contributed by atoms with Crippen LogP contribution < -0.4 is 5.32 Å². The van der Waals surface area contributed by atoms with E-state index < -0.39 is 0 Å². The minimum absolute atomic E-state index is 0.357. The largest absolute Gasteiger partial charge is 0.380 e. The van der Waals surface area contributed by atoms with E-state index in [1.54, 1.807) is 0 Å². The summed E-state index contributed by atoms with van der Waals surface area (Å²) in [5.41, 5.74) is 5.70. The number of benzene rings is 2. The van der Waals surface area contributed by atoms with Gasteiger partial charge in [-0.25, -0.2) is 4.98 Å². The molecule has 1 aliphatic rings. The van der Waals surface area contributed by atoms with Crippen LogP contribution in [0.4, 0.5) is 5.69 Å². The van der Waals surface area contributed by atoms with Crippen LogP contribution in [-0.4, -0.2) is 64.7 Å². The molecule has 4 aromatic rings. The van der Waals surface area contributed by atoms with Crippen molar-refractivity contribution >= 4 is 50.1 Å².